The summed E-state index contributed by atoms with van der Waals surface area (Å²) in [5.41, 5.74) is 2.79. The van der Waals surface area contributed by atoms with Gasteiger partial charge in [-0.1, -0.05) is 50.2 Å². The molecule has 0 heterocycles. The summed E-state index contributed by atoms with van der Waals surface area (Å²) >= 11 is 5.97. The summed E-state index contributed by atoms with van der Waals surface area (Å²) < 4.78 is 24.5. The van der Waals surface area contributed by atoms with Crippen LogP contribution in [0.3, 0.4) is 0 Å². The van der Waals surface area contributed by atoms with Gasteiger partial charge in [-0.2, -0.15) is 4.39 Å². The molecule has 0 aromatic heterocycles. The first kappa shape index (κ1) is 21.6. The average molecular weight is 421 g/mol. The molecule has 0 spiro atoms. The molecule has 6 heteroatoms. The van der Waals surface area contributed by atoms with Gasteiger partial charge in [0.25, 0.3) is 0 Å². The van der Waals surface area contributed by atoms with Crippen LogP contribution in [0.4, 0.5) is 4.39 Å². The minimum atomic E-state index is -1.000. The Kier molecular flexibility index (Phi) is 6.18. The first-order chi connectivity index (χ1) is 13.7. The highest BCUT2D eigenvalue weighted by Gasteiger charge is 2.62. The van der Waals surface area contributed by atoms with Crippen LogP contribution in [-0.4, -0.2) is 18.5 Å². The smallest absolute Gasteiger partial charge is 0.366 e. The van der Waals surface area contributed by atoms with Crippen LogP contribution in [-0.2, 0) is 31.9 Å². The molecule has 29 heavy (non-hydrogen) atoms. The molecular formula is C23H26ClFO4. The predicted molar refractivity (Wildman–Crippen MR) is 109 cm³/mol. The number of fused-ring (bicyclic) bond motifs is 1. The lowest BCUT2D eigenvalue weighted by Gasteiger charge is -2.15. The first-order valence-corrected chi connectivity index (χ1v) is 10.2. The van der Waals surface area contributed by atoms with Gasteiger partial charge in [0.05, 0.1) is 12.5 Å². The molecule has 2 aliphatic rings. The Morgan fingerprint density at radius 3 is 2.76 bits per heavy atom. The van der Waals surface area contributed by atoms with E-state index in [1.165, 1.54) is 6.08 Å². The fourth-order valence-electron chi connectivity index (χ4n) is 4.26. The van der Waals surface area contributed by atoms with Crippen LogP contribution >= 0.6 is 11.6 Å². The van der Waals surface area contributed by atoms with E-state index in [-0.39, 0.29) is 18.7 Å². The Balaban J connectivity index is 1.70. The van der Waals surface area contributed by atoms with Gasteiger partial charge in [0.2, 0.25) is 5.83 Å². The lowest BCUT2D eigenvalue weighted by Crippen LogP contribution is -2.14. The quantitative estimate of drug-likeness (QED) is 0.449. The van der Waals surface area contributed by atoms with Crippen LogP contribution in [0.1, 0.15) is 50.0 Å². The predicted octanol–water partition coefficient (Wildman–Crippen LogP) is 5.20. The van der Waals surface area contributed by atoms with E-state index in [0.29, 0.717) is 17.9 Å². The molecule has 0 N–H and O–H groups in total. The first-order valence-electron chi connectivity index (χ1n) is 9.85. The van der Waals surface area contributed by atoms with Crippen molar-refractivity contribution in [2.24, 2.45) is 17.3 Å². The lowest BCUT2D eigenvalue weighted by atomic mass is 10.0. The highest BCUT2D eigenvalue weighted by Crippen LogP contribution is 2.60. The summed E-state index contributed by atoms with van der Waals surface area (Å²) in [6.07, 6.45) is 2.97. The Morgan fingerprint density at radius 1 is 1.38 bits per heavy atom. The SMILES string of the molecule is C=C(Cl)Cc1cccc2c1CCC2OC(=O)[C@@H]1[C@H](/C=C(/F)C(=O)OCC)C1(C)C. The average Bonchev–Trinajstić information content (AvgIpc) is 2.97. The largest absolute Gasteiger partial charge is 0.461 e. The van der Waals surface area contributed by atoms with Gasteiger partial charge in [-0.15, -0.1) is 0 Å². The fraction of sp³-hybridized carbons (Fsp3) is 0.478. The molecule has 1 saturated carbocycles. The number of carbonyl (C=O) groups is 2. The Labute approximate surface area is 175 Å². The van der Waals surface area contributed by atoms with Crippen molar-refractivity contribution >= 4 is 23.5 Å². The van der Waals surface area contributed by atoms with Gasteiger partial charge >= 0.3 is 11.9 Å². The number of ether oxygens (including phenoxy) is 2. The van der Waals surface area contributed by atoms with Crippen molar-refractivity contribution in [3.8, 4) is 0 Å². The van der Waals surface area contributed by atoms with Gasteiger partial charge in [-0.3, -0.25) is 4.79 Å². The number of hydrogen-bond acceptors (Lipinski definition) is 4. The van der Waals surface area contributed by atoms with Gasteiger partial charge in [-0.05, 0) is 53.9 Å². The molecule has 156 valence electrons. The molecule has 1 aromatic carbocycles. The van der Waals surface area contributed by atoms with Crippen LogP contribution in [0, 0.1) is 17.3 Å². The summed E-state index contributed by atoms with van der Waals surface area (Å²) in [6, 6.07) is 5.91. The van der Waals surface area contributed by atoms with E-state index < -0.39 is 29.0 Å². The van der Waals surface area contributed by atoms with E-state index >= 15 is 0 Å². The molecule has 3 atom stereocenters. The van der Waals surface area contributed by atoms with Gasteiger partial charge in [0, 0.05) is 11.5 Å². The molecule has 0 aliphatic heterocycles. The number of esters is 2. The maximum absolute atomic E-state index is 14.0. The lowest BCUT2D eigenvalue weighted by molar-refractivity contribution is -0.152. The molecule has 2 aliphatic carbocycles. The van der Waals surface area contributed by atoms with Crippen molar-refractivity contribution in [3.05, 3.63) is 58.4 Å². The highest BCUT2D eigenvalue weighted by molar-refractivity contribution is 6.29. The minimum absolute atomic E-state index is 0.0970. The van der Waals surface area contributed by atoms with Crippen LogP contribution in [0.15, 0.2) is 41.7 Å². The molecule has 0 radical (unpaired) electrons. The minimum Gasteiger partial charge on any atom is -0.461 e. The van der Waals surface area contributed by atoms with Crippen molar-refractivity contribution in [2.75, 3.05) is 6.61 Å². The molecule has 0 saturated heterocycles. The standard InChI is InChI=1S/C23H26ClFO4/c1-5-28-21(26)18(25)12-17-20(23(17,3)4)22(27)29-19-10-9-15-14(11-13(2)24)7-6-8-16(15)19/h6-8,12,17,19-20H,2,5,9-11H2,1,3-4H3/b18-12+/t17-,19?,20-/m0/s1. The van der Waals surface area contributed by atoms with Gasteiger partial charge in [0.15, 0.2) is 0 Å². The van der Waals surface area contributed by atoms with Crippen LogP contribution < -0.4 is 0 Å². The topological polar surface area (TPSA) is 52.6 Å². The molecular weight excluding hydrogens is 395 g/mol. The van der Waals surface area contributed by atoms with Crippen molar-refractivity contribution in [2.45, 2.75) is 46.1 Å². The third-order valence-electron chi connectivity index (χ3n) is 5.91. The second-order valence-corrected chi connectivity index (χ2v) is 8.74. The number of allylic oxidation sites excluding steroid dienone is 2. The van der Waals surface area contributed by atoms with E-state index in [2.05, 4.69) is 11.3 Å². The third-order valence-corrected chi connectivity index (χ3v) is 6.05. The summed E-state index contributed by atoms with van der Waals surface area (Å²) in [4.78, 5) is 24.3. The van der Waals surface area contributed by atoms with Crippen molar-refractivity contribution in [3.63, 3.8) is 0 Å². The summed E-state index contributed by atoms with van der Waals surface area (Å²) in [5.74, 6) is -3.21. The zero-order valence-electron chi connectivity index (χ0n) is 17.0. The molecule has 0 bridgehead atoms. The van der Waals surface area contributed by atoms with Gasteiger partial charge in [-0.25, -0.2) is 4.79 Å². The molecule has 1 aromatic rings. The molecule has 1 fully saturated rings. The summed E-state index contributed by atoms with van der Waals surface area (Å²) in [5, 5.41) is 0.567. The van der Waals surface area contributed by atoms with Crippen LogP contribution in [0.2, 0.25) is 0 Å². The maximum Gasteiger partial charge on any atom is 0.366 e. The highest BCUT2D eigenvalue weighted by atomic mass is 35.5. The Morgan fingerprint density at radius 2 is 2.10 bits per heavy atom. The Hall–Kier alpha value is -2.14. The van der Waals surface area contributed by atoms with Crippen molar-refractivity contribution in [1.82, 2.24) is 0 Å². The number of rotatable bonds is 7. The van der Waals surface area contributed by atoms with E-state index in [9.17, 15) is 14.0 Å². The van der Waals surface area contributed by atoms with Gasteiger partial charge in [0.1, 0.15) is 6.10 Å². The zero-order valence-corrected chi connectivity index (χ0v) is 17.7. The van der Waals surface area contributed by atoms with Gasteiger partial charge < -0.3 is 9.47 Å². The molecule has 1 unspecified atom stereocenters. The molecule has 0 amide bonds. The maximum atomic E-state index is 14.0. The number of hydrogen-bond donors (Lipinski definition) is 0. The number of halogens is 2. The third kappa shape index (κ3) is 4.40. The fourth-order valence-corrected chi connectivity index (χ4v) is 4.41. The van der Waals surface area contributed by atoms with E-state index in [1.807, 2.05) is 32.0 Å². The second-order valence-electron chi connectivity index (χ2n) is 8.20. The zero-order chi connectivity index (χ0) is 21.3. The van der Waals surface area contributed by atoms with Crippen molar-refractivity contribution < 1.29 is 23.5 Å². The van der Waals surface area contributed by atoms with Crippen molar-refractivity contribution in [1.29, 1.82) is 0 Å². The van der Waals surface area contributed by atoms with E-state index in [0.717, 1.165) is 23.1 Å². The normalized spacial score (nSPS) is 24.6. The summed E-state index contributed by atoms with van der Waals surface area (Å²) in [6.45, 7) is 9.20. The second kappa shape index (κ2) is 8.31. The summed E-state index contributed by atoms with van der Waals surface area (Å²) in [7, 11) is 0. The number of carbonyl (C=O) groups excluding carboxylic acids is 2. The van der Waals surface area contributed by atoms with E-state index in [1.54, 1.807) is 6.92 Å². The van der Waals surface area contributed by atoms with E-state index in [4.69, 9.17) is 16.3 Å². The molecule has 4 nitrogen and oxygen atoms in total. The van der Waals surface area contributed by atoms with Crippen LogP contribution in [0.5, 0.6) is 0 Å². The monoisotopic (exact) mass is 420 g/mol. The molecule has 3 rings (SSSR count). The number of benzene rings is 1. The van der Waals surface area contributed by atoms with Crippen LogP contribution in [0.25, 0.3) is 0 Å². The Bertz CT molecular complexity index is 874.